The lowest BCUT2D eigenvalue weighted by atomic mass is 9.98. The van der Waals surface area contributed by atoms with Crippen molar-refractivity contribution in [2.24, 2.45) is 7.05 Å². The molecule has 2 aromatic heterocycles. The first-order valence-electron chi connectivity index (χ1n) is 8.72. The van der Waals surface area contributed by atoms with Gasteiger partial charge < -0.3 is 4.74 Å². The number of aryl methyl sites for hydroxylation is 1. The zero-order chi connectivity index (χ0) is 16.4. The fraction of sp³-hybridized carbons (Fsp3) is 0.556. The van der Waals surface area contributed by atoms with Crippen molar-refractivity contribution in [3.63, 3.8) is 0 Å². The summed E-state index contributed by atoms with van der Waals surface area (Å²) in [5.41, 5.74) is 2.56. The van der Waals surface area contributed by atoms with Gasteiger partial charge in [0, 0.05) is 70.0 Å². The molecule has 0 unspecified atom stereocenters. The summed E-state index contributed by atoms with van der Waals surface area (Å²) < 4.78 is 7.93. The van der Waals surface area contributed by atoms with Gasteiger partial charge in [0.05, 0.1) is 18.9 Å². The monoisotopic (exact) mass is 327 g/mol. The predicted molar refractivity (Wildman–Crippen MR) is 91.3 cm³/mol. The highest BCUT2D eigenvalue weighted by Gasteiger charge is 2.36. The fourth-order valence-corrected chi connectivity index (χ4v) is 3.89. The molecule has 2 atom stereocenters. The van der Waals surface area contributed by atoms with Gasteiger partial charge in [-0.1, -0.05) is 6.07 Å². The van der Waals surface area contributed by atoms with Crippen molar-refractivity contribution in [1.82, 2.24) is 24.6 Å². The third-order valence-electron chi connectivity index (χ3n) is 5.06. The molecule has 0 saturated carbocycles. The molecule has 0 aromatic carbocycles. The number of ether oxygens (including phenoxy) is 1. The predicted octanol–water partition coefficient (Wildman–Crippen LogP) is 1.29. The average Bonchev–Trinajstić information content (AvgIpc) is 3.01. The van der Waals surface area contributed by atoms with Crippen molar-refractivity contribution < 1.29 is 4.74 Å². The zero-order valence-corrected chi connectivity index (χ0v) is 14.2. The van der Waals surface area contributed by atoms with Crippen LogP contribution in [0.25, 0.3) is 0 Å². The minimum atomic E-state index is 0.362. The number of hydrogen-bond donors (Lipinski definition) is 0. The first kappa shape index (κ1) is 15.7. The summed E-state index contributed by atoms with van der Waals surface area (Å²) in [6, 6.07) is 4.64. The largest absolute Gasteiger partial charge is 0.375 e. The Labute approximate surface area is 143 Å². The van der Waals surface area contributed by atoms with Crippen LogP contribution in [0.1, 0.15) is 17.5 Å². The lowest BCUT2D eigenvalue weighted by Gasteiger charge is -2.47. The molecule has 0 aliphatic carbocycles. The lowest BCUT2D eigenvalue weighted by molar-refractivity contribution is -0.107. The number of pyridine rings is 1. The standard InChI is InChI=1S/C18H25N5O/c1-21-11-16(10-20-21)12-22-6-4-18-17(14-22)23(7-8-24-18)13-15-3-2-5-19-9-15/h2-3,5,9-11,17-18H,4,6-8,12-14H2,1H3/t17-,18-/m1/s1. The molecular weight excluding hydrogens is 302 g/mol. The van der Waals surface area contributed by atoms with Gasteiger partial charge in [-0.2, -0.15) is 5.10 Å². The van der Waals surface area contributed by atoms with E-state index >= 15 is 0 Å². The second-order valence-corrected chi connectivity index (χ2v) is 6.85. The molecule has 0 bridgehead atoms. The zero-order valence-electron chi connectivity index (χ0n) is 14.2. The maximum atomic E-state index is 6.05. The van der Waals surface area contributed by atoms with Crippen molar-refractivity contribution in [2.45, 2.75) is 31.7 Å². The van der Waals surface area contributed by atoms with E-state index in [1.54, 1.807) is 0 Å². The van der Waals surface area contributed by atoms with Crippen molar-refractivity contribution in [3.8, 4) is 0 Å². The van der Waals surface area contributed by atoms with Crippen molar-refractivity contribution in [2.75, 3.05) is 26.2 Å². The molecule has 24 heavy (non-hydrogen) atoms. The van der Waals surface area contributed by atoms with Crippen molar-refractivity contribution in [1.29, 1.82) is 0 Å². The first-order valence-corrected chi connectivity index (χ1v) is 8.72. The Morgan fingerprint density at radius 2 is 2.17 bits per heavy atom. The normalized spacial score (nSPS) is 25.5. The molecule has 6 heteroatoms. The quantitative estimate of drug-likeness (QED) is 0.847. The molecule has 4 rings (SSSR count). The number of nitrogens with zero attached hydrogens (tertiary/aromatic N) is 5. The van der Waals surface area contributed by atoms with E-state index in [0.717, 1.165) is 45.8 Å². The van der Waals surface area contributed by atoms with E-state index in [2.05, 4.69) is 32.1 Å². The van der Waals surface area contributed by atoms with Crippen LogP contribution in [0.15, 0.2) is 36.9 Å². The van der Waals surface area contributed by atoms with Crippen LogP contribution in [-0.4, -0.2) is 63.0 Å². The van der Waals surface area contributed by atoms with E-state index in [-0.39, 0.29) is 0 Å². The number of rotatable bonds is 4. The molecule has 0 radical (unpaired) electrons. The molecular formula is C18H25N5O. The van der Waals surface area contributed by atoms with Gasteiger partial charge in [0.2, 0.25) is 0 Å². The van der Waals surface area contributed by atoms with Gasteiger partial charge in [0.1, 0.15) is 0 Å². The van der Waals surface area contributed by atoms with Gasteiger partial charge in [-0.15, -0.1) is 0 Å². The second kappa shape index (κ2) is 7.01. The highest BCUT2D eigenvalue weighted by molar-refractivity contribution is 5.09. The summed E-state index contributed by atoms with van der Waals surface area (Å²) in [5.74, 6) is 0. The van der Waals surface area contributed by atoms with Gasteiger partial charge in [-0.05, 0) is 18.1 Å². The number of likely N-dealkylation sites (tertiary alicyclic amines) is 1. The molecule has 2 aliphatic heterocycles. The smallest absolute Gasteiger partial charge is 0.0755 e. The van der Waals surface area contributed by atoms with Crippen LogP contribution in [-0.2, 0) is 24.9 Å². The molecule has 2 saturated heterocycles. The van der Waals surface area contributed by atoms with E-state index in [4.69, 9.17) is 4.74 Å². The summed E-state index contributed by atoms with van der Waals surface area (Å²) >= 11 is 0. The number of piperidine rings is 1. The molecule has 2 fully saturated rings. The number of morpholine rings is 1. The van der Waals surface area contributed by atoms with E-state index < -0.39 is 0 Å². The van der Waals surface area contributed by atoms with Gasteiger partial charge in [-0.25, -0.2) is 0 Å². The summed E-state index contributed by atoms with van der Waals surface area (Å²) in [4.78, 5) is 9.35. The molecule has 2 aromatic rings. The lowest BCUT2D eigenvalue weighted by Crippen LogP contribution is -2.59. The number of aromatic nitrogens is 3. The molecule has 0 N–H and O–H groups in total. The van der Waals surface area contributed by atoms with Crippen LogP contribution >= 0.6 is 0 Å². The third-order valence-corrected chi connectivity index (χ3v) is 5.06. The van der Waals surface area contributed by atoms with Crippen LogP contribution < -0.4 is 0 Å². The molecule has 0 spiro atoms. The minimum absolute atomic E-state index is 0.362. The summed E-state index contributed by atoms with van der Waals surface area (Å²) in [6.45, 7) is 5.91. The summed E-state index contributed by atoms with van der Waals surface area (Å²) in [6.07, 6.45) is 9.35. The first-order chi connectivity index (χ1) is 11.8. The number of fused-ring (bicyclic) bond motifs is 1. The van der Waals surface area contributed by atoms with Crippen LogP contribution in [0, 0.1) is 0 Å². The Morgan fingerprint density at radius 1 is 1.21 bits per heavy atom. The molecule has 0 amide bonds. The Kier molecular flexibility index (Phi) is 4.60. The Balaban J connectivity index is 1.43. The highest BCUT2D eigenvalue weighted by Crippen LogP contribution is 2.25. The third kappa shape index (κ3) is 3.50. The molecule has 6 nitrogen and oxygen atoms in total. The molecule has 2 aliphatic rings. The average molecular weight is 327 g/mol. The van der Waals surface area contributed by atoms with Gasteiger partial charge in [-0.3, -0.25) is 19.5 Å². The molecule has 4 heterocycles. The highest BCUT2D eigenvalue weighted by atomic mass is 16.5. The van der Waals surface area contributed by atoms with Crippen LogP contribution in [0.4, 0.5) is 0 Å². The Bertz CT molecular complexity index is 658. The van der Waals surface area contributed by atoms with Crippen molar-refractivity contribution in [3.05, 3.63) is 48.0 Å². The number of hydrogen-bond acceptors (Lipinski definition) is 5. The van der Waals surface area contributed by atoms with Crippen LogP contribution in [0.3, 0.4) is 0 Å². The topological polar surface area (TPSA) is 46.4 Å². The van der Waals surface area contributed by atoms with E-state index in [9.17, 15) is 0 Å². The van der Waals surface area contributed by atoms with Gasteiger partial charge >= 0.3 is 0 Å². The maximum Gasteiger partial charge on any atom is 0.0755 e. The van der Waals surface area contributed by atoms with E-state index in [1.807, 2.05) is 36.4 Å². The summed E-state index contributed by atoms with van der Waals surface area (Å²) in [5, 5.41) is 4.28. The Morgan fingerprint density at radius 3 is 2.96 bits per heavy atom. The Hall–Kier alpha value is -1.76. The summed E-state index contributed by atoms with van der Waals surface area (Å²) in [7, 11) is 1.97. The van der Waals surface area contributed by atoms with Gasteiger partial charge in [0.25, 0.3) is 0 Å². The van der Waals surface area contributed by atoms with E-state index in [0.29, 0.717) is 12.1 Å². The van der Waals surface area contributed by atoms with Gasteiger partial charge in [0.15, 0.2) is 0 Å². The minimum Gasteiger partial charge on any atom is -0.375 e. The SMILES string of the molecule is Cn1cc(CN2CC[C@H]3OCCN(Cc4cccnc4)[C@@H]3C2)cn1. The van der Waals surface area contributed by atoms with Crippen LogP contribution in [0.5, 0.6) is 0 Å². The van der Waals surface area contributed by atoms with Crippen LogP contribution in [0.2, 0.25) is 0 Å². The second-order valence-electron chi connectivity index (χ2n) is 6.85. The van der Waals surface area contributed by atoms with Crippen molar-refractivity contribution >= 4 is 0 Å². The molecule has 128 valence electrons. The van der Waals surface area contributed by atoms with E-state index in [1.165, 1.54) is 11.1 Å². The maximum absolute atomic E-state index is 6.05. The fourth-order valence-electron chi connectivity index (χ4n) is 3.89.